The fourth-order valence-corrected chi connectivity index (χ4v) is 5.18. The van der Waals surface area contributed by atoms with Gasteiger partial charge in [0.1, 0.15) is 12.0 Å². The lowest BCUT2D eigenvalue weighted by Gasteiger charge is -2.37. The number of rotatable bonds is 7. The standard InChI is InChI=1S/C26H32N6OS/c1-17-4-7-20(14-18(17)2)22-15-23-26-29-28-24(31(26)12-13-32(23)30-22)10-11-25(33)27-16-19-5-8-21(34-3)9-6-19/h4-9,12-14,22-23,26,29-30H,10-11,15-16H2,1-3H3,(H,27,33). The molecular formula is C26H32N6OS. The lowest BCUT2D eigenvalue weighted by molar-refractivity contribution is -0.121. The summed E-state index contributed by atoms with van der Waals surface area (Å²) in [4.78, 5) is 15.8. The van der Waals surface area contributed by atoms with Crippen LogP contribution in [0, 0.1) is 13.8 Å². The van der Waals surface area contributed by atoms with Crippen molar-refractivity contribution in [3.8, 4) is 0 Å². The molecule has 1 amide bonds. The lowest BCUT2D eigenvalue weighted by atomic mass is 9.97. The minimum Gasteiger partial charge on any atom is -0.352 e. The fourth-order valence-electron chi connectivity index (χ4n) is 4.77. The Balaban J connectivity index is 1.13. The molecule has 2 aromatic rings. The zero-order valence-electron chi connectivity index (χ0n) is 19.9. The van der Waals surface area contributed by atoms with E-state index in [2.05, 4.69) is 106 Å². The Kier molecular flexibility index (Phi) is 6.52. The molecule has 3 atom stereocenters. The Morgan fingerprint density at radius 3 is 2.74 bits per heavy atom. The van der Waals surface area contributed by atoms with E-state index in [-0.39, 0.29) is 24.2 Å². The van der Waals surface area contributed by atoms with Crippen molar-refractivity contribution in [2.75, 3.05) is 6.26 Å². The summed E-state index contributed by atoms with van der Waals surface area (Å²) in [5.74, 6) is 0.954. The highest BCUT2D eigenvalue weighted by atomic mass is 32.2. The number of amides is 1. The molecule has 3 N–H and O–H groups in total. The van der Waals surface area contributed by atoms with E-state index in [0.717, 1.165) is 17.8 Å². The molecule has 0 saturated carbocycles. The molecule has 1 fully saturated rings. The summed E-state index contributed by atoms with van der Waals surface area (Å²) in [7, 11) is 0. The Labute approximate surface area is 205 Å². The van der Waals surface area contributed by atoms with Crippen LogP contribution in [0.2, 0.25) is 0 Å². The molecule has 7 nitrogen and oxygen atoms in total. The minimum absolute atomic E-state index is 0.0417. The van der Waals surface area contributed by atoms with Gasteiger partial charge in [-0.25, -0.2) is 5.43 Å². The zero-order chi connectivity index (χ0) is 23.7. The van der Waals surface area contributed by atoms with Gasteiger partial charge in [0.25, 0.3) is 0 Å². The minimum atomic E-state index is 0.0417. The van der Waals surface area contributed by atoms with E-state index in [1.54, 1.807) is 11.8 Å². The van der Waals surface area contributed by atoms with Crippen LogP contribution in [0.5, 0.6) is 0 Å². The number of hydrogen-bond acceptors (Lipinski definition) is 7. The van der Waals surface area contributed by atoms with E-state index in [1.807, 2.05) is 0 Å². The topological polar surface area (TPSA) is 72.0 Å². The van der Waals surface area contributed by atoms with Crippen LogP contribution in [-0.4, -0.2) is 40.1 Å². The van der Waals surface area contributed by atoms with Crippen LogP contribution < -0.4 is 16.2 Å². The number of benzene rings is 2. The number of nitrogens with one attached hydrogen (secondary N) is 3. The van der Waals surface area contributed by atoms with Crippen molar-refractivity contribution in [2.24, 2.45) is 5.10 Å². The van der Waals surface area contributed by atoms with Gasteiger partial charge >= 0.3 is 0 Å². The van der Waals surface area contributed by atoms with E-state index in [9.17, 15) is 4.79 Å². The van der Waals surface area contributed by atoms with Crippen LogP contribution in [0.1, 0.15) is 47.6 Å². The number of hydrazine groups is 1. The van der Waals surface area contributed by atoms with Crippen LogP contribution >= 0.6 is 11.8 Å². The van der Waals surface area contributed by atoms with E-state index < -0.39 is 0 Å². The first-order valence-corrected chi connectivity index (χ1v) is 13.0. The first-order chi connectivity index (χ1) is 16.5. The maximum atomic E-state index is 12.4. The molecule has 0 aliphatic carbocycles. The number of hydrazone groups is 1. The monoisotopic (exact) mass is 476 g/mol. The van der Waals surface area contributed by atoms with Gasteiger partial charge in [-0.15, -0.1) is 11.8 Å². The Morgan fingerprint density at radius 2 is 1.97 bits per heavy atom. The van der Waals surface area contributed by atoms with Gasteiger partial charge in [0.2, 0.25) is 5.91 Å². The second kappa shape index (κ2) is 9.72. The predicted molar refractivity (Wildman–Crippen MR) is 137 cm³/mol. The van der Waals surface area contributed by atoms with Crippen molar-refractivity contribution < 1.29 is 4.79 Å². The third-order valence-corrected chi connectivity index (χ3v) is 7.72. The second-order valence-corrected chi connectivity index (χ2v) is 10.0. The van der Waals surface area contributed by atoms with Gasteiger partial charge in [-0.2, -0.15) is 5.10 Å². The number of aryl methyl sites for hydroxylation is 2. The fraction of sp³-hybridized carbons (Fsp3) is 0.385. The molecule has 8 heteroatoms. The van der Waals surface area contributed by atoms with Crippen molar-refractivity contribution in [2.45, 2.75) is 62.8 Å². The number of hydrogen-bond donors (Lipinski definition) is 3. The van der Waals surface area contributed by atoms with Gasteiger partial charge in [0.05, 0.1) is 12.1 Å². The smallest absolute Gasteiger partial charge is 0.220 e. The molecule has 34 heavy (non-hydrogen) atoms. The number of nitrogens with zero attached hydrogens (tertiary/aromatic N) is 3. The van der Waals surface area contributed by atoms with Crippen LogP contribution in [0.15, 0.2) is 64.9 Å². The van der Waals surface area contributed by atoms with Crippen molar-refractivity contribution in [3.05, 3.63) is 77.1 Å². The summed E-state index contributed by atoms with van der Waals surface area (Å²) in [5.41, 5.74) is 12.0. The molecule has 3 unspecified atom stereocenters. The average molecular weight is 477 g/mol. The molecule has 5 rings (SSSR count). The van der Waals surface area contributed by atoms with E-state index in [0.29, 0.717) is 19.4 Å². The molecule has 0 radical (unpaired) electrons. The number of thioether (sulfide) groups is 1. The number of carbonyl (C=O) groups is 1. The summed E-state index contributed by atoms with van der Waals surface area (Å²) < 4.78 is 0. The van der Waals surface area contributed by atoms with Crippen LogP contribution in [0.25, 0.3) is 0 Å². The van der Waals surface area contributed by atoms with Gasteiger partial charge in [-0.05, 0) is 60.9 Å². The highest BCUT2D eigenvalue weighted by molar-refractivity contribution is 7.98. The predicted octanol–water partition coefficient (Wildman–Crippen LogP) is 3.77. The molecule has 0 aromatic heterocycles. The highest BCUT2D eigenvalue weighted by Crippen LogP contribution is 2.34. The lowest BCUT2D eigenvalue weighted by Crippen LogP contribution is -2.54. The molecule has 0 bridgehead atoms. The Morgan fingerprint density at radius 1 is 1.15 bits per heavy atom. The van der Waals surface area contributed by atoms with Crippen LogP contribution in [0.4, 0.5) is 0 Å². The van der Waals surface area contributed by atoms with E-state index >= 15 is 0 Å². The van der Waals surface area contributed by atoms with Crippen LogP contribution in [-0.2, 0) is 11.3 Å². The normalized spacial score (nSPS) is 22.8. The number of fused-ring (bicyclic) bond motifs is 3. The van der Waals surface area contributed by atoms with Gasteiger partial charge in [0, 0.05) is 36.7 Å². The van der Waals surface area contributed by atoms with E-state index in [4.69, 9.17) is 0 Å². The molecule has 3 aliphatic rings. The highest BCUT2D eigenvalue weighted by Gasteiger charge is 2.44. The van der Waals surface area contributed by atoms with Gasteiger partial charge < -0.3 is 15.2 Å². The number of carbonyl (C=O) groups excluding carboxylic acids is 1. The van der Waals surface area contributed by atoms with Gasteiger partial charge in [-0.3, -0.25) is 10.2 Å². The molecule has 3 heterocycles. The van der Waals surface area contributed by atoms with Crippen molar-refractivity contribution in [3.63, 3.8) is 0 Å². The van der Waals surface area contributed by atoms with Crippen molar-refractivity contribution in [1.29, 1.82) is 0 Å². The van der Waals surface area contributed by atoms with Crippen molar-refractivity contribution >= 4 is 23.5 Å². The zero-order valence-corrected chi connectivity index (χ0v) is 20.7. The number of amidine groups is 1. The third-order valence-electron chi connectivity index (χ3n) is 6.97. The second-order valence-electron chi connectivity index (χ2n) is 9.17. The molecule has 0 spiro atoms. The SMILES string of the molecule is CSc1ccc(CNC(=O)CCC2=NNC3C4CC(c5ccc(C)c(C)c5)NN4C=CN23)cc1. The van der Waals surface area contributed by atoms with Crippen molar-refractivity contribution in [1.82, 2.24) is 26.1 Å². The summed E-state index contributed by atoms with van der Waals surface area (Å²) in [6.07, 6.45) is 8.28. The molecule has 178 valence electrons. The van der Waals surface area contributed by atoms with E-state index in [1.165, 1.54) is 21.6 Å². The first kappa shape index (κ1) is 22.8. The summed E-state index contributed by atoms with van der Waals surface area (Å²) in [5, 5.41) is 9.80. The largest absolute Gasteiger partial charge is 0.352 e. The molecule has 3 aliphatic heterocycles. The summed E-state index contributed by atoms with van der Waals surface area (Å²) in [6, 6.07) is 15.5. The quantitative estimate of drug-likeness (QED) is 0.529. The maximum absolute atomic E-state index is 12.4. The van der Waals surface area contributed by atoms with Crippen LogP contribution in [0.3, 0.4) is 0 Å². The summed E-state index contributed by atoms with van der Waals surface area (Å²) in [6.45, 7) is 4.86. The summed E-state index contributed by atoms with van der Waals surface area (Å²) >= 11 is 1.72. The molecule has 2 aromatic carbocycles. The average Bonchev–Trinajstić information content (AvgIpc) is 3.47. The van der Waals surface area contributed by atoms with Gasteiger partial charge in [0.15, 0.2) is 0 Å². The maximum Gasteiger partial charge on any atom is 0.220 e. The van der Waals surface area contributed by atoms with Gasteiger partial charge in [-0.1, -0.05) is 30.3 Å². The molecular weight excluding hydrogens is 444 g/mol. The first-order valence-electron chi connectivity index (χ1n) is 11.8. The Bertz CT molecular complexity index is 1110. The Hall–Kier alpha value is -2.97. The molecule has 1 saturated heterocycles. The third kappa shape index (κ3) is 4.65.